The first-order valence-corrected chi connectivity index (χ1v) is 4.48. The molecule has 0 radical (unpaired) electrons. The van der Waals surface area contributed by atoms with E-state index in [0.717, 1.165) is 0 Å². The number of ether oxygens (including phenoxy) is 1. The molecule has 0 aliphatic rings. The molecule has 2 heterocycles. The first kappa shape index (κ1) is 10.1. The molecule has 0 spiro atoms. The van der Waals surface area contributed by atoms with Crippen LogP contribution in [-0.4, -0.2) is 40.4 Å². The highest BCUT2D eigenvalue weighted by molar-refractivity contribution is 5.88. The highest BCUT2D eigenvalue weighted by Crippen LogP contribution is 2.18. The van der Waals surface area contributed by atoms with Crippen LogP contribution in [-0.2, 0) is 4.74 Å². The molecular weight excluding hydrogens is 212 g/mol. The van der Waals surface area contributed by atoms with E-state index in [1.165, 1.54) is 7.11 Å². The molecule has 8 nitrogen and oxygen atoms in total. The molecule has 0 unspecified atom stereocenters. The number of aromatic nitrogens is 4. The lowest BCUT2D eigenvalue weighted by molar-refractivity contribution is 0.186. The summed E-state index contributed by atoms with van der Waals surface area (Å²) in [5, 5.41) is 11.8. The van der Waals surface area contributed by atoms with Crippen molar-refractivity contribution >= 4 is 28.9 Å². The zero-order valence-electron chi connectivity index (χ0n) is 8.74. The number of H-pyrrole nitrogens is 1. The number of carbonyl (C=O) groups excluding carboxylic acids is 1. The van der Waals surface area contributed by atoms with Gasteiger partial charge < -0.3 is 10.1 Å². The molecule has 2 aromatic heterocycles. The summed E-state index contributed by atoms with van der Waals surface area (Å²) in [4.78, 5) is 19.1. The number of amides is 1. The summed E-state index contributed by atoms with van der Waals surface area (Å²) in [6.07, 6.45) is 0.922. The smallest absolute Gasteiger partial charge is 0.413 e. The summed E-state index contributed by atoms with van der Waals surface area (Å²) in [7, 11) is 2.98. The maximum atomic E-state index is 11.0. The molecule has 1 amide bonds. The number of methoxy groups -OCH3 is 1. The van der Waals surface area contributed by atoms with Gasteiger partial charge in [-0.15, -0.1) is 0 Å². The minimum absolute atomic E-state index is 0.158. The summed E-state index contributed by atoms with van der Waals surface area (Å²) >= 11 is 0. The molecule has 2 aromatic rings. The van der Waals surface area contributed by atoms with Gasteiger partial charge in [-0.1, -0.05) is 0 Å². The minimum Gasteiger partial charge on any atom is -0.453 e. The second-order valence-electron chi connectivity index (χ2n) is 2.89. The van der Waals surface area contributed by atoms with Gasteiger partial charge >= 0.3 is 6.09 Å². The Morgan fingerprint density at radius 3 is 3.00 bits per heavy atom. The fourth-order valence-electron chi connectivity index (χ4n) is 1.22. The summed E-state index contributed by atoms with van der Waals surface area (Å²) in [6.45, 7) is 0. The Morgan fingerprint density at radius 2 is 2.31 bits per heavy atom. The van der Waals surface area contributed by atoms with Crippen molar-refractivity contribution in [2.45, 2.75) is 0 Å². The molecule has 0 bridgehead atoms. The number of hydrogen-bond donors (Lipinski definition) is 3. The van der Waals surface area contributed by atoms with Crippen LogP contribution in [0, 0.1) is 0 Å². The third-order valence-electron chi connectivity index (χ3n) is 1.94. The molecule has 0 aromatic carbocycles. The molecule has 2 rings (SSSR count). The van der Waals surface area contributed by atoms with E-state index in [1.807, 2.05) is 0 Å². The number of fused-ring (bicyclic) bond motifs is 1. The molecule has 16 heavy (non-hydrogen) atoms. The topological polar surface area (TPSA) is 105 Å². The van der Waals surface area contributed by atoms with Gasteiger partial charge in [0.25, 0.3) is 0 Å². The highest BCUT2D eigenvalue weighted by atomic mass is 16.5. The Hall–Kier alpha value is -2.38. The van der Waals surface area contributed by atoms with Crippen molar-refractivity contribution in [3.05, 3.63) is 6.20 Å². The van der Waals surface area contributed by atoms with E-state index >= 15 is 0 Å². The molecule has 0 saturated heterocycles. The number of nitrogens with one attached hydrogen (secondary N) is 3. The van der Waals surface area contributed by atoms with Gasteiger partial charge in [-0.25, -0.2) is 9.78 Å². The van der Waals surface area contributed by atoms with Gasteiger partial charge in [0, 0.05) is 7.05 Å². The van der Waals surface area contributed by atoms with E-state index < -0.39 is 6.09 Å². The van der Waals surface area contributed by atoms with E-state index in [0.29, 0.717) is 16.9 Å². The van der Waals surface area contributed by atoms with E-state index in [2.05, 4.69) is 35.5 Å². The van der Waals surface area contributed by atoms with Crippen molar-refractivity contribution in [2.24, 2.45) is 0 Å². The van der Waals surface area contributed by atoms with Gasteiger partial charge in [0.1, 0.15) is 11.0 Å². The van der Waals surface area contributed by atoms with Crippen molar-refractivity contribution in [3.8, 4) is 0 Å². The second-order valence-corrected chi connectivity index (χ2v) is 2.89. The van der Waals surface area contributed by atoms with E-state index in [4.69, 9.17) is 0 Å². The molecule has 0 aliphatic heterocycles. The van der Waals surface area contributed by atoms with Crippen molar-refractivity contribution in [2.75, 3.05) is 24.8 Å². The lowest BCUT2D eigenvalue weighted by Gasteiger charge is -2.05. The van der Waals surface area contributed by atoms with E-state index in [-0.39, 0.29) is 5.95 Å². The fourth-order valence-corrected chi connectivity index (χ4v) is 1.22. The van der Waals surface area contributed by atoms with Crippen molar-refractivity contribution in [1.82, 2.24) is 20.2 Å². The number of nitrogens with zero attached hydrogens (tertiary/aromatic N) is 3. The van der Waals surface area contributed by atoms with Crippen LogP contribution < -0.4 is 10.6 Å². The molecular formula is C8H10N6O2. The number of hydrogen-bond acceptors (Lipinski definition) is 6. The summed E-state index contributed by atoms with van der Waals surface area (Å²) < 4.78 is 4.45. The monoisotopic (exact) mass is 222 g/mol. The second kappa shape index (κ2) is 4.01. The van der Waals surface area contributed by atoms with Crippen molar-refractivity contribution in [3.63, 3.8) is 0 Å². The summed E-state index contributed by atoms with van der Waals surface area (Å²) in [5.41, 5.74) is 1.28. The van der Waals surface area contributed by atoms with Gasteiger partial charge in [0.2, 0.25) is 5.95 Å². The number of carbonyl (C=O) groups is 1. The Bertz CT molecular complexity index is 522. The first-order chi connectivity index (χ1) is 7.74. The van der Waals surface area contributed by atoms with Crippen LogP contribution in [0.2, 0.25) is 0 Å². The Labute approximate surface area is 90.4 Å². The Morgan fingerprint density at radius 1 is 1.50 bits per heavy atom. The van der Waals surface area contributed by atoms with Crippen LogP contribution >= 0.6 is 0 Å². The molecule has 0 atom stereocenters. The van der Waals surface area contributed by atoms with Gasteiger partial charge in [0.15, 0.2) is 5.82 Å². The Balaban J connectivity index is 2.43. The SMILES string of the molecule is CNc1nc(NC(=O)OC)nc2cn[nH]c12. The van der Waals surface area contributed by atoms with Crippen molar-refractivity contribution in [1.29, 1.82) is 0 Å². The summed E-state index contributed by atoms with van der Waals surface area (Å²) in [5.74, 6) is 0.707. The van der Waals surface area contributed by atoms with Crippen LogP contribution in [0.15, 0.2) is 6.20 Å². The highest BCUT2D eigenvalue weighted by Gasteiger charge is 2.10. The van der Waals surface area contributed by atoms with Gasteiger partial charge in [-0.05, 0) is 0 Å². The van der Waals surface area contributed by atoms with Crippen molar-refractivity contribution < 1.29 is 9.53 Å². The Kier molecular flexibility index (Phi) is 2.54. The number of rotatable bonds is 2. The van der Waals surface area contributed by atoms with E-state index in [9.17, 15) is 4.79 Å². The molecule has 0 aliphatic carbocycles. The molecule has 8 heteroatoms. The van der Waals surface area contributed by atoms with Gasteiger partial charge in [-0.3, -0.25) is 10.4 Å². The van der Waals surface area contributed by atoms with Gasteiger partial charge in [0.05, 0.1) is 13.3 Å². The van der Waals surface area contributed by atoms with E-state index in [1.54, 1.807) is 13.2 Å². The zero-order chi connectivity index (χ0) is 11.5. The van der Waals surface area contributed by atoms with Gasteiger partial charge in [-0.2, -0.15) is 10.1 Å². The minimum atomic E-state index is -0.620. The quantitative estimate of drug-likeness (QED) is 0.686. The summed E-state index contributed by atoms with van der Waals surface area (Å²) in [6, 6.07) is 0. The molecule has 0 fully saturated rings. The molecule has 84 valence electrons. The first-order valence-electron chi connectivity index (χ1n) is 4.48. The van der Waals surface area contributed by atoms with Crippen LogP contribution in [0.5, 0.6) is 0 Å². The zero-order valence-corrected chi connectivity index (χ0v) is 8.74. The number of anilines is 2. The standard InChI is InChI=1S/C8H10N6O2/c1-9-6-5-4(3-10-14-5)11-7(12-6)13-8(15)16-2/h3H,1-2H3,(H,10,14)(H2,9,11,12,13,15). The average Bonchev–Trinajstić information content (AvgIpc) is 2.75. The van der Waals surface area contributed by atoms with Crippen LogP contribution in [0.3, 0.4) is 0 Å². The maximum Gasteiger partial charge on any atom is 0.413 e. The molecule has 0 saturated carbocycles. The average molecular weight is 222 g/mol. The third-order valence-corrected chi connectivity index (χ3v) is 1.94. The van der Waals surface area contributed by atoms with Crippen LogP contribution in [0.4, 0.5) is 16.6 Å². The largest absolute Gasteiger partial charge is 0.453 e. The predicted octanol–water partition coefficient (Wildman–Crippen LogP) is 0.573. The maximum absolute atomic E-state index is 11.0. The normalized spacial score (nSPS) is 10.1. The van der Waals surface area contributed by atoms with Crippen LogP contribution in [0.25, 0.3) is 11.0 Å². The van der Waals surface area contributed by atoms with Crippen LogP contribution in [0.1, 0.15) is 0 Å². The number of aromatic amines is 1. The molecule has 3 N–H and O–H groups in total. The lowest BCUT2D eigenvalue weighted by Crippen LogP contribution is -2.14. The predicted molar refractivity (Wildman–Crippen MR) is 57.3 cm³/mol. The lowest BCUT2D eigenvalue weighted by atomic mass is 10.4. The fraction of sp³-hybridized carbons (Fsp3) is 0.250. The third kappa shape index (κ3) is 1.72.